The molecule has 0 saturated carbocycles. The quantitative estimate of drug-likeness (QED) is 0.712. The van der Waals surface area contributed by atoms with E-state index in [0.717, 1.165) is 5.56 Å². The summed E-state index contributed by atoms with van der Waals surface area (Å²) in [5.74, 6) is 1.24. The van der Waals surface area contributed by atoms with Crippen LogP contribution < -0.4 is 14.8 Å². The number of amides is 1. The maximum absolute atomic E-state index is 12.4. The lowest BCUT2D eigenvalue weighted by Gasteiger charge is -2.18. The summed E-state index contributed by atoms with van der Waals surface area (Å²) in [7, 11) is 0. The van der Waals surface area contributed by atoms with Crippen LogP contribution in [-0.4, -0.2) is 30.1 Å². The molecule has 2 aromatic carbocycles. The molecular formula is C20H16N2O5. The van der Waals surface area contributed by atoms with Crippen LogP contribution in [0.4, 0.5) is 5.69 Å². The van der Waals surface area contributed by atoms with Gasteiger partial charge in [0.25, 0.3) is 5.91 Å². The standard InChI is InChI=1S/C20H16N2O5/c1-12(23)13-3-2-4-15(9-13)21-20(24)16-11-18(27-22-16)14-5-6-17-19(10-14)26-8-7-25-17/h2-6,9-11H,7-8H2,1H3,(H,21,24). The monoisotopic (exact) mass is 364 g/mol. The first-order valence-corrected chi connectivity index (χ1v) is 8.39. The number of aromatic nitrogens is 1. The molecule has 1 aromatic heterocycles. The number of rotatable bonds is 4. The number of nitrogens with zero attached hydrogens (tertiary/aromatic N) is 1. The molecule has 0 atom stereocenters. The molecule has 1 aliphatic heterocycles. The first-order valence-electron chi connectivity index (χ1n) is 8.39. The normalized spacial score (nSPS) is 12.5. The van der Waals surface area contributed by atoms with E-state index in [9.17, 15) is 9.59 Å². The van der Waals surface area contributed by atoms with E-state index in [1.165, 1.54) is 6.92 Å². The number of carbonyl (C=O) groups excluding carboxylic acids is 2. The Morgan fingerprint density at radius 1 is 1.00 bits per heavy atom. The number of hydrogen-bond acceptors (Lipinski definition) is 6. The van der Waals surface area contributed by atoms with Gasteiger partial charge in [0.15, 0.2) is 28.7 Å². The maximum atomic E-state index is 12.4. The van der Waals surface area contributed by atoms with Crippen LogP contribution >= 0.6 is 0 Å². The predicted molar refractivity (Wildman–Crippen MR) is 97.3 cm³/mol. The minimum atomic E-state index is -0.428. The molecule has 0 aliphatic carbocycles. The maximum Gasteiger partial charge on any atom is 0.277 e. The summed E-state index contributed by atoms with van der Waals surface area (Å²) in [5, 5.41) is 6.54. The van der Waals surface area contributed by atoms with Crippen molar-refractivity contribution < 1.29 is 23.6 Å². The lowest BCUT2D eigenvalue weighted by Crippen LogP contribution is -2.15. The van der Waals surface area contributed by atoms with Crippen molar-refractivity contribution in [2.24, 2.45) is 0 Å². The molecule has 0 fully saturated rings. The van der Waals surface area contributed by atoms with Crippen LogP contribution in [0.3, 0.4) is 0 Å². The Balaban J connectivity index is 1.53. The predicted octanol–water partition coefficient (Wildman–Crippen LogP) is 3.57. The van der Waals surface area contributed by atoms with Gasteiger partial charge in [-0.05, 0) is 37.3 Å². The lowest BCUT2D eigenvalue weighted by molar-refractivity contribution is 0.100. The van der Waals surface area contributed by atoms with Crippen LogP contribution in [0.5, 0.6) is 11.5 Å². The van der Waals surface area contributed by atoms with Crippen molar-refractivity contribution in [1.82, 2.24) is 5.16 Å². The molecule has 7 nitrogen and oxygen atoms in total. The van der Waals surface area contributed by atoms with Crippen LogP contribution in [0.2, 0.25) is 0 Å². The van der Waals surface area contributed by atoms with Gasteiger partial charge in [0.1, 0.15) is 13.2 Å². The van der Waals surface area contributed by atoms with Gasteiger partial charge in [0.05, 0.1) is 0 Å². The Morgan fingerprint density at radius 3 is 2.63 bits per heavy atom. The molecular weight excluding hydrogens is 348 g/mol. The van der Waals surface area contributed by atoms with Crippen molar-refractivity contribution in [3.63, 3.8) is 0 Å². The first kappa shape index (κ1) is 16.8. The summed E-state index contributed by atoms with van der Waals surface area (Å²) in [6, 6.07) is 13.6. The molecule has 3 aromatic rings. The number of carbonyl (C=O) groups is 2. The molecule has 4 rings (SSSR count). The van der Waals surface area contributed by atoms with Crippen LogP contribution in [0.15, 0.2) is 53.1 Å². The van der Waals surface area contributed by atoms with Gasteiger partial charge < -0.3 is 19.3 Å². The summed E-state index contributed by atoms with van der Waals surface area (Å²) in [6.45, 7) is 2.47. The highest BCUT2D eigenvalue weighted by Crippen LogP contribution is 2.34. The third-order valence-electron chi connectivity index (χ3n) is 4.10. The van der Waals surface area contributed by atoms with E-state index >= 15 is 0 Å². The summed E-state index contributed by atoms with van der Waals surface area (Å²) >= 11 is 0. The molecule has 136 valence electrons. The molecule has 0 unspecified atom stereocenters. The Morgan fingerprint density at radius 2 is 1.81 bits per heavy atom. The van der Waals surface area contributed by atoms with E-state index < -0.39 is 5.91 Å². The van der Waals surface area contributed by atoms with E-state index in [1.807, 2.05) is 6.07 Å². The highest BCUT2D eigenvalue weighted by molar-refractivity contribution is 6.04. The molecule has 7 heteroatoms. The van der Waals surface area contributed by atoms with Crippen molar-refractivity contribution in [3.8, 4) is 22.8 Å². The Kier molecular flexibility index (Phi) is 4.33. The van der Waals surface area contributed by atoms with Crippen molar-refractivity contribution >= 4 is 17.4 Å². The molecule has 1 aliphatic rings. The lowest BCUT2D eigenvalue weighted by atomic mass is 10.1. The number of nitrogens with one attached hydrogen (secondary N) is 1. The van der Waals surface area contributed by atoms with Gasteiger partial charge in [0, 0.05) is 22.9 Å². The van der Waals surface area contributed by atoms with Crippen molar-refractivity contribution in [1.29, 1.82) is 0 Å². The van der Waals surface area contributed by atoms with Gasteiger partial charge in [-0.1, -0.05) is 17.3 Å². The second-order valence-electron chi connectivity index (χ2n) is 6.03. The fourth-order valence-electron chi connectivity index (χ4n) is 2.73. The van der Waals surface area contributed by atoms with Gasteiger partial charge in [-0.3, -0.25) is 9.59 Å². The van der Waals surface area contributed by atoms with Crippen LogP contribution in [0.1, 0.15) is 27.8 Å². The van der Waals surface area contributed by atoms with Gasteiger partial charge >= 0.3 is 0 Å². The van der Waals surface area contributed by atoms with Crippen molar-refractivity contribution in [2.45, 2.75) is 6.92 Å². The largest absolute Gasteiger partial charge is 0.486 e. The van der Waals surface area contributed by atoms with E-state index in [4.69, 9.17) is 14.0 Å². The molecule has 1 N–H and O–H groups in total. The van der Waals surface area contributed by atoms with Crippen LogP contribution in [0, 0.1) is 0 Å². The van der Waals surface area contributed by atoms with Crippen molar-refractivity contribution in [2.75, 3.05) is 18.5 Å². The zero-order valence-corrected chi connectivity index (χ0v) is 14.5. The second-order valence-corrected chi connectivity index (χ2v) is 6.03. The van der Waals surface area contributed by atoms with Crippen LogP contribution in [0.25, 0.3) is 11.3 Å². The third-order valence-corrected chi connectivity index (χ3v) is 4.10. The zero-order valence-electron chi connectivity index (χ0n) is 14.5. The number of anilines is 1. The highest BCUT2D eigenvalue weighted by Gasteiger charge is 2.17. The Bertz CT molecular complexity index is 1020. The number of ketones is 1. The fourth-order valence-corrected chi connectivity index (χ4v) is 2.73. The minimum absolute atomic E-state index is 0.0755. The number of hydrogen-bond donors (Lipinski definition) is 1. The van der Waals surface area contributed by atoms with Gasteiger partial charge in [-0.15, -0.1) is 0 Å². The number of fused-ring (bicyclic) bond motifs is 1. The van der Waals surface area contributed by atoms with Gasteiger partial charge in [0.2, 0.25) is 0 Å². The molecule has 27 heavy (non-hydrogen) atoms. The van der Waals surface area contributed by atoms with Gasteiger partial charge in [-0.2, -0.15) is 0 Å². The SMILES string of the molecule is CC(=O)c1cccc(NC(=O)c2cc(-c3ccc4c(c3)OCCO4)on2)c1. The zero-order chi connectivity index (χ0) is 18.8. The van der Waals surface area contributed by atoms with E-state index in [0.29, 0.717) is 41.7 Å². The second kappa shape index (κ2) is 6.95. The topological polar surface area (TPSA) is 90.7 Å². The number of benzene rings is 2. The van der Waals surface area contributed by atoms with Gasteiger partial charge in [-0.25, -0.2) is 0 Å². The summed E-state index contributed by atoms with van der Waals surface area (Å²) in [4.78, 5) is 23.9. The van der Waals surface area contributed by atoms with Crippen molar-refractivity contribution in [3.05, 3.63) is 59.8 Å². The Hall–Kier alpha value is -3.61. The van der Waals surface area contributed by atoms with Crippen LogP contribution in [-0.2, 0) is 0 Å². The average molecular weight is 364 g/mol. The van der Waals surface area contributed by atoms with E-state index in [2.05, 4.69) is 10.5 Å². The average Bonchev–Trinajstić information content (AvgIpc) is 3.18. The number of Topliss-reactive ketones (excluding diaryl/α,β-unsaturated/α-hetero) is 1. The summed E-state index contributed by atoms with van der Waals surface area (Å²) in [6.07, 6.45) is 0. The first-order chi connectivity index (χ1) is 13.1. The molecule has 0 saturated heterocycles. The molecule has 2 heterocycles. The van der Waals surface area contributed by atoms with E-state index in [-0.39, 0.29) is 11.5 Å². The van der Waals surface area contributed by atoms with E-state index in [1.54, 1.807) is 42.5 Å². The summed E-state index contributed by atoms with van der Waals surface area (Å²) in [5.41, 5.74) is 1.89. The smallest absolute Gasteiger partial charge is 0.277 e. The molecule has 0 spiro atoms. The Labute approximate surface area is 154 Å². The molecule has 1 amide bonds. The fraction of sp³-hybridized carbons (Fsp3) is 0.150. The highest BCUT2D eigenvalue weighted by atomic mass is 16.6. The third kappa shape index (κ3) is 3.52. The molecule has 0 radical (unpaired) electrons. The minimum Gasteiger partial charge on any atom is -0.486 e. The molecule has 0 bridgehead atoms. The summed E-state index contributed by atoms with van der Waals surface area (Å²) < 4.78 is 16.3. The number of ether oxygens (including phenoxy) is 2.